The highest BCUT2D eigenvalue weighted by molar-refractivity contribution is 6.34. The first-order chi connectivity index (χ1) is 7.15. The molecule has 0 unspecified atom stereocenters. The maximum Gasteiger partial charge on any atom is 0.339 e. The third-order valence-electron chi connectivity index (χ3n) is 1.91. The molecule has 1 aromatic carbocycles. The molecular weight excluding hydrogens is 218 g/mol. The van der Waals surface area contributed by atoms with Crippen molar-refractivity contribution in [3.05, 3.63) is 33.8 Å². The molecule has 0 aliphatic carbocycles. The lowest BCUT2D eigenvalue weighted by Crippen LogP contribution is -2.07. The summed E-state index contributed by atoms with van der Waals surface area (Å²) in [4.78, 5) is 11.4. The molecule has 0 bridgehead atoms. The number of carbonyl (C=O) groups excluding carboxylic acids is 1. The van der Waals surface area contributed by atoms with Gasteiger partial charge in [-0.15, -0.1) is 0 Å². The monoisotopic (exact) mass is 225 g/mol. The van der Waals surface area contributed by atoms with Crippen molar-refractivity contribution in [2.45, 2.75) is 6.61 Å². The third-order valence-corrected chi connectivity index (χ3v) is 2.30. The Labute approximate surface area is 91.7 Å². The fourth-order valence-electron chi connectivity index (χ4n) is 1.16. The van der Waals surface area contributed by atoms with Crippen molar-refractivity contribution in [3.63, 3.8) is 0 Å². The fourth-order valence-corrected chi connectivity index (χ4v) is 1.46. The van der Waals surface area contributed by atoms with E-state index in [1.807, 2.05) is 6.07 Å². The highest BCUT2D eigenvalue weighted by Crippen LogP contribution is 2.25. The molecule has 0 saturated heterocycles. The number of carbonyl (C=O) groups is 1. The van der Waals surface area contributed by atoms with Gasteiger partial charge >= 0.3 is 5.97 Å². The van der Waals surface area contributed by atoms with Crippen LogP contribution in [0.4, 0.5) is 0 Å². The van der Waals surface area contributed by atoms with Crippen LogP contribution in [0, 0.1) is 11.3 Å². The van der Waals surface area contributed by atoms with Crippen LogP contribution < -0.4 is 0 Å². The van der Waals surface area contributed by atoms with E-state index in [0.717, 1.165) is 0 Å². The average molecular weight is 226 g/mol. The predicted octanol–water partition coefficient (Wildman–Crippen LogP) is 1.49. The number of hydrogen-bond donors (Lipinski definition) is 1. The van der Waals surface area contributed by atoms with Crippen molar-refractivity contribution in [2.75, 3.05) is 7.11 Å². The molecule has 0 radical (unpaired) electrons. The highest BCUT2D eigenvalue weighted by atomic mass is 35.5. The van der Waals surface area contributed by atoms with E-state index < -0.39 is 5.97 Å². The molecule has 0 spiro atoms. The minimum Gasteiger partial charge on any atom is -0.465 e. The lowest BCUT2D eigenvalue weighted by Gasteiger charge is -2.08. The standard InChI is InChI=1S/C10H8ClNO3/c1-15-10(14)8-7(5-13)3-2-6(4-12)9(8)11/h2-3,13H,5H2,1H3. The van der Waals surface area contributed by atoms with Gasteiger partial charge in [0.25, 0.3) is 0 Å². The number of nitrogens with zero attached hydrogens (tertiary/aromatic N) is 1. The van der Waals surface area contributed by atoms with E-state index in [2.05, 4.69) is 4.74 Å². The molecule has 1 N–H and O–H groups in total. The maximum atomic E-state index is 11.4. The molecule has 0 fully saturated rings. The van der Waals surface area contributed by atoms with E-state index in [4.69, 9.17) is 22.0 Å². The summed E-state index contributed by atoms with van der Waals surface area (Å²) in [5, 5.41) is 17.7. The Hall–Kier alpha value is -1.57. The summed E-state index contributed by atoms with van der Waals surface area (Å²) in [7, 11) is 1.21. The molecule has 0 atom stereocenters. The Kier molecular flexibility index (Phi) is 3.67. The number of esters is 1. The third kappa shape index (κ3) is 2.09. The van der Waals surface area contributed by atoms with Crippen molar-refractivity contribution in [1.29, 1.82) is 5.26 Å². The number of ether oxygens (including phenoxy) is 1. The van der Waals surface area contributed by atoms with Crippen LogP contribution in [0.1, 0.15) is 21.5 Å². The lowest BCUT2D eigenvalue weighted by atomic mass is 10.0. The number of rotatable bonds is 2. The SMILES string of the molecule is COC(=O)c1c(CO)ccc(C#N)c1Cl. The van der Waals surface area contributed by atoms with Crippen molar-refractivity contribution in [1.82, 2.24) is 0 Å². The van der Waals surface area contributed by atoms with Crippen LogP contribution in [0.2, 0.25) is 5.02 Å². The Morgan fingerprint density at radius 1 is 1.67 bits per heavy atom. The number of methoxy groups -OCH3 is 1. The first-order valence-electron chi connectivity index (χ1n) is 4.06. The molecule has 1 rings (SSSR count). The molecule has 15 heavy (non-hydrogen) atoms. The Bertz CT molecular complexity index is 437. The zero-order valence-electron chi connectivity index (χ0n) is 7.95. The van der Waals surface area contributed by atoms with Crippen LogP contribution in [0.3, 0.4) is 0 Å². The zero-order valence-corrected chi connectivity index (χ0v) is 8.71. The minimum atomic E-state index is -0.666. The number of benzene rings is 1. The summed E-state index contributed by atoms with van der Waals surface area (Å²) in [6.07, 6.45) is 0. The summed E-state index contributed by atoms with van der Waals surface area (Å²) in [5.74, 6) is -0.666. The topological polar surface area (TPSA) is 70.3 Å². The Balaban J connectivity index is 3.44. The van der Waals surface area contributed by atoms with E-state index in [0.29, 0.717) is 5.56 Å². The molecule has 4 nitrogen and oxygen atoms in total. The number of aliphatic hydroxyl groups is 1. The van der Waals surface area contributed by atoms with Crippen LogP contribution in [-0.2, 0) is 11.3 Å². The van der Waals surface area contributed by atoms with Gasteiger partial charge in [0.1, 0.15) is 6.07 Å². The molecule has 0 aliphatic heterocycles. The van der Waals surface area contributed by atoms with Crippen molar-refractivity contribution in [3.8, 4) is 6.07 Å². The summed E-state index contributed by atoms with van der Waals surface area (Å²) in [5.41, 5.74) is 0.556. The van der Waals surface area contributed by atoms with Crippen LogP contribution in [-0.4, -0.2) is 18.2 Å². The second-order valence-corrected chi connectivity index (χ2v) is 3.10. The molecule has 0 amide bonds. The largest absolute Gasteiger partial charge is 0.465 e. The van der Waals surface area contributed by atoms with Gasteiger partial charge in [-0.05, 0) is 11.6 Å². The van der Waals surface area contributed by atoms with E-state index in [1.54, 1.807) is 0 Å². The maximum absolute atomic E-state index is 11.4. The van der Waals surface area contributed by atoms with Gasteiger partial charge in [0.2, 0.25) is 0 Å². The quantitative estimate of drug-likeness (QED) is 0.775. The highest BCUT2D eigenvalue weighted by Gasteiger charge is 2.18. The summed E-state index contributed by atoms with van der Waals surface area (Å²) in [6, 6.07) is 4.76. The number of nitriles is 1. The molecule has 1 aromatic rings. The van der Waals surface area contributed by atoms with Gasteiger partial charge in [-0.2, -0.15) is 5.26 Å². The molecule has 78 valence electrons. The summed E-state index contributed by atoms with van der Waals surface area (Å²) in [6.45, 7) is -0.337. The second-order valence-electron chi connectivity index (χ2n) is 2.72. The number of hydrogen-bond acceptors (Lipinski definition) is 4. The molecular formula is C10H8ClNO3. The Morgan fingerprint density at radius 2 is 2.33 bits per heavy atom. The molecule has 0 aromatic heterocycles. The first-order valence-corrected chi connectivity index (χ1v) is 4.44. The molecule has 5 heteroatoms. The smallest absolute Gasteiger partial charge is 0.339 e. The average Bonchev–Trinajstić information content (AvgIpc) is 2.27. The Morgan fingerprint density at radius 3 is 2.80 bits per heavy atom. The van der Waals surface area contributed by atoms with Crippen LogP contribution >= 0.6 is 11.6 Å². The van der Waals surface area contributed by atoms with Crippen molar-refractivity contribution >= 4 is 17.6 Å². The van der Waals surface area contributed by atoms with Crippen LogP contribution in [0.25, 0.3) is 0 Å². The van der Waals surface area contributed by atoms with Gasteiger partial charge in [0.05, 0.1) is 29.9 Å². The summed E-state index contributed by atoms with van der Waals surface area (Å²) < 4.78 is 4.52. The van der Waals surface area contributed by atoms with E-state index in [9.17, 15) is 4.79 Å². The summed E-state index contributed by atoms with van der Waals surface area (Å²) >= 11 is 5.83. The lowest BCUT2D eigenvalue weighted by molar-refractivity contribution is 0.0597. The minimum absolute atomic E-state index is 0.0101. The predicted molar refractivity (Wildman–Crippen MR) is 53.4 cm³/mol. The normalized spacial score (nSPS) is 9.47. The van der Waals surface area contributed by atoms with Crippen LogP contribution in [0.5, 0.6) is 0 Å². The van der Waals surface area contributed by atoms with E-state index in [1.165, 1.54) is 19.2 Å². The fraction of sp³-hybridized carbons (Fsp3) is 0.200. The van der Waals surface area contributed by atoms with Crippen molar-refractivity contribution in [2.24, 2.45) is 0 Å². The van der Waals surface area contributed by atoms with Crippen LogP contribution in [0.15, 0.2) is 12.1 Å². The number of halogens is 1. The van der Waals surface area contributed by atoms with E-state index in [-0.39, 0.29) is 22.8 Å². The van der Waals surface area contributed by atoms with Gasteiger partial charge < -0.3 is 9.84 Å². The molecule has 0 heterocycles. The molecule has 0 saturated carbocycles. The first kappa shape index (κ1) is 11.5. The van der Waals surface area contributed by atoms with Gasteiger partial charge in [0.15, 0.2) is 0 Å². The second kappa shape index (κ2) is 4.78. The van der Waals surface area contributed by atoms with Gasteiger partial charge in [-0.3, -0.25) is 0 Å². The van der Waals surface area contributed by atoms with Crippen molar-refractivity contribution < 1.29 is 14.6 Å². The van der Waals surface area contributed by atoms with Gasteiger partial charge in [-0.1, -0.05) is 17.7 Å². The zero-order chi connectivity index (χ0) is 11.4. The van der Waals surface area contributed by atoms with Gasteiger partial charge in [0, 0.05) is 0 Å². The van der Waals surface area contributed by atoms with Gasteiger partial charge in [-0.25, -0.2) is 4.79 Å². The molecule has 0 aliphatic rings. The van der Waals surface area contributed by atoms with E-state index >= 15 is 0 Å². The number of aliphatic hydroxyl groups excluding tert-OH is 1.